The molecule has 0 aliphatic heterocycles. The molecule has 0 bridgehead atoms. The summed E-state index contributed by atoms with van der Waals surface area (Å²) in [6.07, 6.45) is 1.13. The Labute approximate surface area is 148 Å². The Morgan fingerprint density at radius 1 is 1.17 bits per heavy atom. The molecule has 0 spiro atoms. The van der Waals surface area contributed by atoms with Gasteiger partial charge in [-0.1, -0.05) is 29.8 Å². The number of amides is 1. The maximum Gasteiger partial charge on any atom is 0.254 e. The van der Waals surface area contributed by atoms with Gasteiger partial charge in [-0.3, -0.25) is 4.79 Å². The van der Waals surface area contributed by atoms with Crippen LogP contribution in [0, 0.1) is 6.92 Å². The molecule has 0 aliphatic carbocycles. The van der Waals surface area contributed by atoms with Crippen molar-refractivity contribution in [1.82, 2.24) is 4.90 Å². The zero-order valence-electron chi connectivity index (χ0n) is 13.9. The average molecular weight is 366 g/mol. The van der Waals surface area contributed by atoms with Crippen LogP contribution >= 0.6 is 11.6 Å². The fraction of sp³-hybridized carbons (Fsp3) is 0.278. The topological polar surface area (TPSA) is 54.5 Å². The molecular weight excluding hydrogens is 346 g/mol. The van der Waals surface area contributed by atoms with E-state index in [1.165, 1.54) is 12.1 Å². The van der Waals surface area contributed by atoms with Crippen LogP contribution in [0.15, 0.2) is 47.4 Å². The van der Waals surface area contributed by atoms with Gasteiger partial charge in [-0.2, -0.15) is 0 Å². The van der Waals surface area contributed by atoms with Gasteiger partial charge in [-0.05, 0) is 49.2 Å². The van der Waals surface area contributed by atoms with Gasteiger partial charge in [0.1, 0.15) is 0 Å². The minimum atomic E-state index is -3.36. The molecule has 2 rings (SSSR count). The van der Waals surface area contributed by atoms with E-state index in [-0.39, 0.29) is 10.8 Å². The van der Waals surface area contributed by atoms with Crippen molar-refractivity contribution in [3.63, 3.8) is 0 Å². The molecule has 2 aromatic rings. The second-order valence-corrected chi connectivity index (χ2v) is 8.15. The van der Waals surface area contributed by atoms with Gasteiger partial charge in [-0.15, -0.1) is 0 Å². The Hall–Kier alpha value is -1.85. The molecule has 1 amide bonds. The first kappa shape index (κ1) is 18.5. The van der Waals surface area contributed by atoms with Crippen molar-refractivity contribution in [2.24, 2.45) is 0 Å². The summed E-state index contributed by atoms with van der Waals surface area (Å²) in [7, 11) is -3.36. The molecule has 0 heterocycles. The maximum absolute atomic E-state index is 12.9. The van der Waals surface area contributed by atoms with Crippen LogP contribution in [-0.2, 0) is 16.4 Å². The van der Waals surface area contributed by atoms with Crippen LogP contribution < -0.4 is 0 Å². The molecule has 0 radical (unpaired) electrons. The van der Waals surface area contributed by atoms with Crippen molar-refractivity contribution in [1.29, 1.82) is 0 Å². The van der Waals surface area contributed by atoms with E-state index in [4.69, 9.17) is 11.6 Å². The number of carbonyl (C=O) groups excluding carboxylic acids is 1. The first-order chi connectivity index (χ1) is 11.2. The van der Waals surface area contributed by atoms with Gasteiger partial charge < -0.3 is 4.90 Å². The number of sulfone groups is 1. The van der Waals surface area contributed by atoms with E-state index in [1.807, 2.05) is 25.1 Å². The summed E-state index contributed by atoms with van der Waals surface area (Å²) >= 11 is 5.99. The van der Waals surface area contributed by atoms with Crippen molar-refractivity contribution < 1.29 is 13.2 Å². The molecule has 0 aliphatic rings. The lowest BCUT2D eigenvalue weighted by molar-refractivity contribution is 0.0751. The monoisotopic (exact) mass is 365 g/mol. The van der Waals surface area contributed by atoms with Gasteiger partial charge in [0.25, 0.3) is 5.91 Å². The number of benzene rings is 2. The predicted molar refractivity (Wildman–Crippen MR) is 96.2 cm³/mol. The predicted octanol–water partition coefficient (Wildman–Crippen LogP) is 3.71. The smallest absolute Gasteiger partial charge is 0.254 e. The number of hydrogen-bond acceptors (Lipinski definition) is 3. The van der Waals surface area contributed by atoms with E-state index in [0.717, 1.165) is 17.4 Å². The molecule has 6 heteroatoms. The second kappa shape index (κ2) is 7.36. The van der Waals surface area contributed by atoms with Crippen LogP contribution in [0.3, 0.4) is 0 Å². The summed E-state index contributed by atoms with van der Waals surface area (Å²) in [5.74, 6) is -0.194. The highest BCUT2D eigenvalue weighted by Crippen LogP contribution is 2.19. The summed E-state index contributed by atoms with van der Waals surface area (Å²) in [5.41, 5.74) is 2.08. The largest absolute Gasteiger partial charge is 0.335 e. The lowest BCUT2D eigenvalue weighted by Gasteiger charge is -2.22. The lowest BCUT2D eigenvalue weighted by Crippen LogP contribution is -2.31. The van der Waals surface area contributed by atoms with Crippen molar-refractivity contribution in [3.05, 3.63) is 64.2 Å². The number of nitrogens with zero attached hydrogens (tertiary/aromatic N) is 1. The third-order valence-electron chi connectivity index (χ3n) is 3.80. The molecule has 0 atom stereocenters. The van der Waals surface area contributed by atoms with Crippen LogP contribution in [0.2, 0.25) is 5.02 Å². The Kier molecular flexibility index (Phi) is 5.67. The Balaban J connectivity index is 2.35. The van der Waals surface area contributed by atoms with Crippen molar-refractivity contribution in [2.75, 3.05) is 12.8 Å². The van der Waals surface area contributed by atoms with Gasteiger partial charge in [0, 0.05) is 29.9 Å². The standard InChI is InChI=1S/C18H20ClNO3S/c1-4-20(12-14-6-5-7-15(19)10-14)18(21)17-11-16(24(3,22)23)9-8-13(17)2/h5-11H,4,12H2,1-3H3. The summed E-state index contributed by atoms with van der Waals surface area (Å²) in [5, 5.41) is 0.617. The van der Waals surface area contributed by atoms with Crippen molar-refractivity contribution in [2.45, 2.75) is 25.3 Å². The van der Waals surface area contributed by atoms with Gasteiger partial charge in [-0.25, -0.2) is 8.42 Å². The third kappa shape index (κ3) is 4.36. The van der Waals surface area contributed by atoms with E-state index in [2.05, 4.69) is 0 Å². The van der Waals surface area contributed by atoms with E-state index >= 15 is 0 Å². The Morgan fingerprint density at radius 2 is 1.88 bits per heavy atom. The summed E-state index contributed by atoms with van der Waals surface area (Å²) < 4.78 is 23.5. The second-order valence-electron chi connectivity index (χ2n) is 5.70. The summed E-state index contributed by atoms with van der Waals surface area (Å²) in [4.78, 5) is 14.7. The molecule has 24 heavy (non-hydrogen) atoms. The first-order valence-corrected chi connectivity index (χ1v) is 9.83. The van der Waals surface area contributed by atoms with Gasteiger partial charge in [0.05, 0.1) is 4.90 Å². The van der Waals surface area contributed by atoms with Gasteiger partial charge in [0.2, 0.25) is 0 Å². The Bertz CT molecular complexity index is 862. The quantitative estimate of drug-likeness (QED) is 0.811. The molecule has 128 valence electrons. The molecule has 0 N–H and O–H groups in total. The first-order valence-electron chi connectivity index (χ1n) is 7.56. The number of carbonyl (C=O) groups is 1. The highest BCUT2D eigenvalue weighted by Gasteiger charge is 2.19. The van der Waals surface area contributed by atoms with Gasteiger partial charge in [0.15, 0.2) is 9.84 Å². The minimum absolute atomic E-state index is 0.148. The highest BCUT2D eigenvalue weighted by atomic mass is 35.5. The molecular formula is C18H20ClNO3S. The van der Waals surface area contributed by atoms with Crippen molar-refractivity contribution in [3.8, 4) is 0 Å². The number of rotatable bonds is 5. The maximum atomic E-state index is 12.9. The van der Waals surface area contributed by atoms with Gasteiger partial charge >= 0.3 is 0 Å². The van der Waals surface area contributed by atoms with E-state index in [0.29, 0.717) is 23.7 Å². The van der Waals surface area contributed by atoms with Crippen LogP contribution in [0.5, 0.6) is 0 Å². The molecule has 0 saturated carbocycles. The minimum Gasteiger partial charge on any atom is -0.335 e. The van der Waals surface area contributed by atoms with Crippen LogP contribution in [0.4, 0.5) is 0 Å². The molecule has 0 aromatic heterocycles. The molecule has 0 fully saturated rings. The normalized spacial score (nSPS) is 11.3. The fourth-order valence-corrected chi connectivity index (χ4v) is 3.28. The molecule has 0 unspecified atom stereocenters. The summed E-state index contributed by atoms with van der Waals surface area (Å²) in [6.45, 7) is 4.61. The number of halogens is 1. The number of hydrogen-bond donors (Lipinski definition) is 0. The van der Waals surface area contributed by atoms with E-state index in [1.54, 1.807) is 24.0 Å². The Morgan fingerprint density at radius 3 is 2.46 bits per heavy atom. The third-order valence-corrected chi connectivity index (χ3v) is 5.14. The van der Waals surface area contributed by atoms with E-state index in [9.17, 15) is 13.2 Å². The van der Waals surface area contributed by atoms with E-state index < -0.39 is 9.84 Å². The molecule has 2 aromatic carbocycles. The number of aryl methyl sites for hydroxylation is 1. The van der Waals surface area contributed by atoms with Crippen molar-refractivity contribution >= 4 is 27.3 Å². The molecule has 4 nitrogen and oxygen atoms in total. The van der Waals surface area contributed by atoms with Crippen LogP contribution in [-0.4, -0.2) is 32.0 Å². The fourth-order valence-electron chi connectivity index (χ4n) is 2.42. The SMILES string of the molecule is CCN(Cc1cccc(Cl)c1)C(=O)c1cc(S(C)(=O)=O)ccc1C. The summed E-state index contributed by atoms with van der Waals surface area (Å²) in [6, 6.07) is 12.0. The average Bonchev–Trinajstić information content (AvgIpc) is 2.51. The zero-order chi connectivity index (χ0) is 17.9. The van der Waals surface area contributed by atoms with Crippen LogP contribution in [0.1, 0.15) is 28.4 Å². The zero-order valence-corrected chi connectivity index (χ0v) is 15.5. The molecule has 0 saturated heterocycles. The highest BCUT2D eigenvalue weighted by molar-refractivity contribution is 7.90. The van der Waals surface area contributed by atoms with Crippen LogP contribution in [0.25, 0.3) is 0 Å². The lowest BCUT2D eigenvalue weighted by atomic mass is 10.1.